The zero-order valence-electron chi connectivity index (χ0n) is 14.4. The molecule has 6 heteroatoms. The lowest BCUT2D eigenvalue weighted by molar-refractivity contribution is -0.125. The van der Waals surface area contributed by atoms with E-state index in [1.54, 1.807) is 4.90 Å². The van der Waals surface area contributed by atoms with Crippen molar-refractivity contribution >= 4 is 22.4 Å². The van der Waals surface area contributed by atoms with Crippen LogP contribution in [0.15, 0.2) is 24.3 Å². The van der Waals surface area contributed by atoms with Gasteiger partial charge in [0.05, 0.1) is 6.61 Å². The fourth-order valence-electron chi connectivity index (χ4n) is 2.71. The Balaban J connectivity index is 1.81. The summed E-state index contributed by atoms with van der Waals surface area (Å²) in [4.78, 5) is 14.5. The third kappa shape index (κ3) is 3.43. The van der Waals surface area contributed by atoms with Gasteiger partial charge in [-0.25, -0.2) is 0 Å². The molecule has 2 aromatic rings. The second kappa shape index (κ2) is 7.30. The summed E-state index contributed by atoms with van der Waals surface area (Å²) < 4.78 is 5.46. The zero-order valence-corrected chi connectivity index (χ0v) is 15.2. The van der Waals surface area contributed by atoms with Crippen LogP contribution in [0.5, 0.6) is 5.75 Å². The summed E-state index contributed by atoms with van der Waals surface area (Å²) in [6.45, 7) is 6.66. The van der Waals surface area contributed by atoms with E-state index in [1.807, 2.05) is 45.0 Å². The highest BCUT2D eigenvalue weighted by molar-refractivity contribution is 7.18. The van der Waals surface area contributed by atoms with Crippen LogP contribution in [0.3, 0.4) is 0 Å². The molecule has 1 aliphatic rings. The van der Waals surface area contributed by atoms with Gasteiger partial charge >= 0.3 is 0 Å². The van der Waals surface area contributed by atoms with Crippen molar-refractivity contribution in [1.82, 2.24) is 10.2 Å². The zero-order chi connectivity index (χ0) is 17.1. The first-order valence-electron chi connectivity index (χ1n) is 8.50. The quantitative estimate of drug-likeness (QED) is 0.789. The maximum Gasteiger partial charge on any atom is 0.232 e. The Morgan fingerprint density at radius 1 is 1.29 bits per heavy atom. The Kier molecular flexibility index (Phi) is 5.14. The second-order valence-electron chi connectivity index (χ2n) is 6.28. The number of nitrogens with zero attached hydrogens (tertiary/aromatic N) is 3. The summed E-state index contributed by atoms with van der Waals surface area (Å²) in [5.41, 5.74) is 0.988. The average Bonchev–Trinajstić information content (AvgIpc) is 2.95. The topological polar surface area (TPSA) is 55.3 Å². The van der Waals surface area contributed by atoms with Crippen LogP contribution >= 0.6 is 11.3 Å². The molecule has 3 rings (SSSR count). The largest absolute Gasteiger partial charge is 0.494 e. The lowest BCUT2D eigenvalue weighted by Gasteiger charge is -2.32. The molecule has 1 fully saturated rings. The van der Waals surface area contributed by atoms with Gasteiger partial charge in [0.25, 0.3) is 0 Å². The van der Waals surface area contributed by atoms with Gasteiger partial charge in [-0.15, -0.1) is 10.2 Å². The molecule has 24 heavy (non-hydrogen) atoms. The van der Waals surface area contributed by atoms with Gasteiger partial charge in [-0.1, -0.05) is 17.8 Å². The predicted octanol–water partition coefficient (Wildman–Crippen LogP) is 4.15. The second-order valence-corrected chi connectivity index (χ2v) is 7.23. The van der Waals surface area contributed by atoms with Crippen molar-refractivity contribution in [3.63, 3.8) is 0 Å². The third-order valence-corrected chi connectivity index (χ3v) is 5.21. The minimum atomic E-state index is 0.0826. The number of rotatable bonds is 6. The number of hydrogen-bond acceptors (Lipinski definition) is 5. The van der Waals surface area contributed by atoms with Gasteiger partial charge in [0.1, 0.15) is 10.8 Å². The van der Waals surface area contributed by atoms with Crippen LogP contribution in [0.2, 0.25) is 0 Å². The van der Waals surface area contributed by atoms with Crippen LogP contribution < -0.4 is 9.64 Å². The summed E-state index contributed by atoms with van der Waals surface area (Å²) in [6, 6.07) is 7.89. The molecule has 0 unspecified atom stereocenters. The van der Waals surface area contributed by atoms with Crippen LogP contribution in [0, 0.1) is 5.92 Å². The molecule has 1 heterocycles. The Morgan fingerprint density at radius 2 is 2.00 bits per heavy atom. The molecule has 0 radical (unpaired) electrons. The van der Waals surface area contributed by atoms with Gasteiger partial charge in [-0.3, -0.25) is 9.69 Å². The van der Waals surface area contributed by atoms with E-state index < -0.39 is 0 Å². The van der Waals surface area contributed by atoms with Gasteiger partial charge in [-0.2, -0.15) is 0 Å². The average molecular weight is 345 g/mol. The third-order valence-electron chi connectivity index (χ3n) is 4.24. The highest BCUT2D eigenvalue weighted by Crippen LogP contribution is 2.34. The maximum atomic E-state index is 12.7. The minimum absolute atomic E-state index is 0.0826. The van der Waals surface area contributed by atoms with E-state index >= 15 is 0 Å². The fourth-order valence-corrected chi connectivity index (χ4v) is 3.70. The van der Waals surface area contributed by atoms with Gasteiger partial charge in [0.15, 0.2) is 0 Å². The molecule has 1 aliphatic carbocycles. The van der Waals surface area contributed by atoms with Gasteiger partial charge < -0.3 is 4.74 Å². The Hall–Kier alpha value is -1.95. The summed E-state index contributed by atoms with van der Waals surface area (Å²) in [5, 5.41) is 10.1. The van der Waals surface area contributed by atoms with E-state index in [2.05, 4.69) is 10.2 Å². The smallest absolute Gasteiger partial charge is 0.232 e. The number of carbonyl (C=O) groups is 1. The molecule has 5 nitrogen and oxygen atoms in total. The highest BCUT2D eigenvalue weighted by atomic mass is 32.1. The molecule has 0 aliphatic heterocycles. The highest BCUT2D eigenvalue weighted by Gasteiger charge is 2.33. The van der Waals surface area contributed by atoms with Gasteiger partial charge in [-0.05, 0) is 57.9 Å². The molecule has 0 atom stereocenters. The first kappa shape index (κ1) is 16.9. The number of ether oxygens (including phenoxy) is 1. The van der Waals surface area contributed by atoms with Crippen LogP contribution in [-0.4, -0.2) is 28.8 Å². The standard InChI is InChI=1S/C18H23N3O2S/c1-4-23-15-10-8-13(9-11-15)16-19-20-18(24-16)21(12(2)3)17(22)14-6-5-7-14/h8-12,14H,4-7H2,1-3H3. The molecule has 0 spiro atoms. The van der Waals surface area contributed by atoms with Crippen LogP contribution in [0.25, 0.3) is 10.6 Å². The fraction of sp³-hybridized carbons (Fsp3) is 0.500. The van der Waals surface area contributed by atoms with E-state index in [0.717, 1.165) is 35.6 Å². The van der Waals surface area contributed by atoms with E-state index in [0.29, 0.717) is 11.7 Å². The van der Waals surface area contributed by atoms with E-state index in [1.165, 1.54) is 11.3 Å². The van der Waals surface area contributed by atoms with Crippen molar-refractivity contribution in [1.29, 1.82) is 0 Å². The molecule has 1 aromatic carbocycles. The van der Waals surface area contributed by atoms with E-state index in [4.69, 9.17) is 4.74 Å². The van der Waals surface area contributed by atoms with Crippen molar-refractivity contribution < 1.29 is 9.53 Å². The minimum Gasteiger partial charge on any atom is -0.494 e. The van der Waals surface area contributed by atoms with Crippen molar-refractivity contribution in [2.24, 2.45) is 5.92 Å². The Morgan fingerprint density at radius 3 is 2.54 bits per heavy atom. The van der Waals surface area contributed by atoms with Crippen molar-refractivity contribution in [2.45, 2.75) is 46.1 Å². The number of aromatic nitrogens is 2. The van der Waals surface area contributed by atoms with Crippen molar-refractivity contribution in [2.75, 3.05) is 11.5 Å². The maximum absolute atomic E-state index is 12.7. The predicted molar refractivity (Wildman–Crippen MR) is 96.5 cm³/mol. The summed E-state index contributed by atoms with van der Waals surface area (Å²) in [6.07, 6.45) is 3.13. The molecule has 0 N–H and O–H groups in total. The van der Waals surface area contributed by atoms with Crippen LogP contribution in [-0.2, 0) is 4.79 Å². The molecule has 0 bridgehead atoms. The molecule has 128 valence electrons. The molecular formula is C18H23N3O2S. The summed E-state index contributed by atoms with van der Waals surface area (Å²) >= 11 is 1.46. The summed E-state index contributed by atoms with van der Waals surface area (Å²) in [7, 11) is 0. The number of carbonyl (C=O) groups excluding carboxylic acids is 1. The number of anilines is 1. The van der Waals surface area contributed by atoms with E-state index in [9.17, 15) is 4.79 Å². The first-order chi connectivity index (χ1) is 11.6. The lowest BCUT2D eigenvalue weighted by atomic mass is 9.84. The molecular weight excluding hydrogens is 322 g/mol. The lowest BCUT2D eigenvalue weighted by Crippen LogP contribution is -2.43. The number of hydrogen-bond donors (Lipinski definition) is 0. The Bertz CT molecular complexity index is 693. The molecule has 0 saturated heterocycles. The molecule has 1 amide bonds. The first-order valence-corrected chi connectivity index (χ1v) is 9.31. The van der Waals surface area contributed by atoms with Gasteiger partial charge in [0.2, 0.25) is 11.0 Å². The van der Waals surface area contributed by atoms with Crippen molar-refractivity contribution in [3.05, 3.63) is 24.3 Å². The monoisotopic (exact) mass is 345 g/mol. The SMILES string of the molecule is CCOc1ccc(-c2nnc(N(C(=O)C3CCC3)C(C)C)s2)cc1. The van der Waals surface area contributed by atoms with Crippen LogP contribution in [0.4, 0.5) is 5.13 Å². The van der Waals surface area contributed by atoms with Gasteiger partial charge in [0, 0.05) is 17.5 Å². The Labute approximate surface area is 146 Å². The summed E-state index contributed by atoms with van der Waals surface area (Å²) in [5.74, 6) is 1.19. The number of amides is 1. The van der Waals surface area contributed by atoms with Crippen molar-refractivity contribution in [3.8, 4) is 16.3 Å². The van der Waals surface area contributed by atoms with E-state index in [-0.39, 0.29) is 17.9 Å². The molecule has 1 aromatic heterocycles. The normalized spacial score (nSPS) is 14.5. The molecule has 1 saturated carbocycles. The number of benzene rings is 1. The van der Waals surface area contributed by atoms with Crippen LogP contribution in [0.1, 0.15) is 40.0 Å².